The lowest BCUT2D eigenvalue weighted by Gasteiger charge is -2.00. The van der Waals surface area contributed by atoms with Gasteiger partial charge in [-0.15, -0.1) is 0 Å². The molecule has 0 bridgehead atoms. The molecule has 0 saturated carbocycles. The Kier molecular flexibility index (Phi) is 3.54. The van der Waals surface area contributed by atoms with Crippen LogP contribution in [0.15, 0.2) is 30.5 Å². The zero-order chi connectivity index (χ0) is 12.3. The number of rotatable bonds is 4. The molecule has 0 aliphatic heterocycles. The number of aromatic nitrogens is 2. The topological polar surface area (TPSA) is 29.9 Å². The second-order valence-electron chi connectivity index (χ2n) is 3.94. The first-order valence-corrected chi connectivity index (χ1v) is 5.72. The molecule has 2 rings (SSSR count). The van der Waals surface area contributed by atoms with Crippen LogP contribution in [0.5, 0.6) is 0 Å². The molecule has 0 unspecified atom stereocenters. The summed E-state index contributed by atoms with van der Waals surface area (Å²) in [4.78, 5) is 0. The minimum Gasteiger partial charge on any atom is -0.313 e. The molecule has 1 aromatic heterocycles. The van der Waals surface area contributed by atoms with Crippen LogP contribution in [0.1, 0.15) is 18.2 Å². The van der Waals surface area contributed by atoms with Crippen molar-refractivity contribution in [3.05, 3.63) is 47.5 Å². The number of aryl methyl sites for hydroxylation is 1. The third-order valence-electron chi connectivity index (χ3n) is 2.64. The monoisotopic (exact) mass is 233 g/mol. The van der Waals surface area contributed by atoms with Crippen molar-refractivity contribution in [2.24, 2.45) is 0 Å². The van der Waals surface area contributed by atoms with Gasteiger partial charge in [-0.1, -0.05) is 13.0 Å². The highest BCUT2D eigenvalue weighted by Crippen LogP contribution is 2.12. The molecule has 1 heterocycles. The van der Waals surface area contributed by atoms with Crippen molar-refractivity contribution < 1.29 is 4.39 Å². The summed E-state index contributed by atoms with van der Waals surface area (Å²) in [7, 11) is 0. The van der Waals surface area contributed by atoms with Crippen LogP contribution in [0.2, 0.25) is 0 Å². The molecule has 0 amide bonds. The fourth-order valence-electron chi connectivity index (χ4n) is 1.68. The lowest BCUT2D eigenvalue weighted by atomic mass is 10.2. The second-order valence-corrected chi connectivity index (χ2v) is 3.94. The predicted molar refractivity (Wildman–Crippen MR) is 65.6 cm³/mol. The largest absolute Gasteiger partial charge is 0.313 e. The Morgan fingerprint density at radius 1 is 1.41 bits per heavy atom. The minimum absolute atomic E-state index is 0.246. The van der Waals surface area contributed by atoms with Crippen LogP contribution in [0.4, 0.5) is 4.39 Å². The molecule has 0 fully saturated rings. The van der Waals surface area contributed by atoms with E-state index in [2.05, 4.69) is 17.3 Å². The molecule has 0 aliphatic carbocycles. The van der Waals surface area contributed by atoms with Crippen LogP contribution < -0.4 is 5.32 Å². The third-order valence-corrected chi connectivity index (χ3v) is 2.64. The van der Waals surface area contributed by atoms with E-state index >= 15 is 0 Å². The Labute approximate surface area is 100 Å². The van der Waals surface area contributed by atoms with Crippen LogP contribution >= 0.6 is 0 Å². The summed E-state index contributed by atoms with van der Waals surface area (Å²) in [6, 6.07) is 6.43. The average molecular weight is 233 g/mol. The van der Waals surface area contributed by atoms with Gasteiger partial charge >= 0.3 is 0 Å². The van der Waals surface area contributed by atoms with Crippen LogP contribution in [0.25, 0.3) is 5.69 Å². The van der Waals surface area contributed by atoms with E-state index in [9.17, 15) is 4.39 Å². The van der Waals surface area contributed by atoms with Gasteiger partial charge in [-0.25, -0.2) is 9.07 Å². The smallest absolute Gasteiger partial charge is 0.125 e. The molecule has 0 atom stereocenters. The van der Waals surface area contributed by atoms with Gasteiger partial charge in [0.15, 0.2) is 0 Å². The van der Waals surface area contributed by atoms with Crippen LogP contribution in [0.3, 0.4) is 0 Å². The van der Waals surface area contributed by atoms with E-state index in [4.69, 9.17) is 0 Å². The van der Waals surface area contributed by atoms with E-state index in [-0.39, 0.29) is 5.82 Å². The van der Waals surface area contributed by atoms with Gasteiger partial charge < -0.3 is 5.32 Å². The average Bonchev–Trinajstić information content (AvgIpc) is 2.68. The zero-order valence-corrected chi connectivity index (χ0v) is 10.1. The van der Waals surface area contributed by atoms with Gasteiger partial charge in [0.1, 0.15) is 5.82 Å². The lowest BCUT2D eigenvalue weighted by molar-refractivity contribution is 0.625. The highest BCUT2D eigenvalue weighted by molar-refractivity contribution is 5.33. The summed E-state index contributed by atoms with van der Waals surface area (Å²) in [5.74, 6) is -0.246. The molecule has 1 aromatic carbocycles. The summed E-state index contributed by atoms with van der Waals surface area (Å²) in [6.07, 6.45) is 1.94. The van der Waals surface area contributed by atoms with Crippen LogP contribution in [-0.2, 0) is 6.54 Å². The van der Waals surface area contributed by atoms with Crippen molar-refractivity contribution >= 4 is 0 Å². The van der Waals surface area contributed by atoms with Gasteiger partial charge in [0.05, 0.1) is 11.4 Å². The Hall–Kier alpha value is -1.68. The second kappa shape index (κ2) is 5.10. The van der Waals surface area contributed by atoms with Gasteiger partial charge in [0.2, 0.25) is 0 Å². The molecule has 3 nitrogen and oxygen atoms in total. The van der Waals surface area contributed by atoms with Crippen molar-refractivity contribution in [1.29, 1.82) is 0 Å². The Morgan fingerprint density at radius 3 is 2.94 bits per heavy atom. The number of nitrogens with one attached hydrogen (secondary N) is 1. The standard InChI is InChI=1S/C13H16FN3/c1-3-15-8-11-9-17(16-10(11)2)13-6-4-5-12(14)7-13/h4-7,9,15H,3,8H2,1-2H3. The minimum atomic E-state index is -0.246. The lowest BCUT2D eigenvalue weighted by Crippen LogP contribution is -2.11. The Balaban J connectivity index is 2.28. The van der Waals surface area contributed by atoms with Crippen molar-refractivity contribution in [3.63, 3.8) is 0 Å². The van der Waals surface area contributed by atoms with Crippen molar-refractivity contribution in [2.75, 3.05) is 6.54 Å². The first-order chi connectivity index (χ1) is 8.20. The molecular formula is C13H16FN3. The highest BCUT2D eigenvalue weighted by atomic mass is 19.1. The maximum atomic E-state index is 13.1. The van der Waals surface area contributed by atoms with E-state index in [1.807, 2.05) is 19.2 Å². The summed E-state index contributed by atoms with van der Waals surface area (Å²) < 4.78 is 14.8. The van der Waals surface area contributed by atoms with Crippen molar-refractivity contribution in [2.45, 2.75) is 20.4 Å². The number of halogens is 1. The highest BCUT2D eigenvalue weighted by Gasteiger charge is 2.06. The normalized spacial score (nSPS) is 10.8. The predicted octanol–water partition coefficient (Wildman–Crippen LogP) is 2.43. The first kappa shape index (κ1) is 11.8. The van der Waals surface area contributed by atoms with E-state index in [0.717, 1.165) is 30.0 Å². The maximum Gasteiger partial charge on any atom is 0.125 e. The summed E-state index contributed by atoms with van der Waals surface area (Å²) in [5.41, 5.74) is 2.85. The van der Waals surface area contributed by atoms with Gasteiger partial charge in [-0.05, 0) is 31.7 Å². The number of hydrogen-bond acceptors (Lipinski definition) is 2. The molecule has 1 N–H and O–H groups in total. The molecule has 0 saturated heterocycles. The summed E-state index contributed by atoms with van der Waals surface area (Å²) >= 11 is 0. The van der Waals surface area contributed by atoms with Gasteiger partial charge in [-0.2, -0.15) is 5.10 Å². The van der Waals surface area contributed by atoms with Crippen LogP contribution in [0, 0.1) is 12.7 Å². The zero-order valence-electron chi connectivity index (χ0n) is 10.1. The molecule has 0 radical (unpaired) electrons. The molecule has 0 spiro atoms. The van der Waals surface area contributed by atoms with E-state index < -0.39 is 0 Å². The summed E-state index contributed by atoms with van der Waals surface area (Å²) in [6.45, 7) is 5.73. The Bertz CT molecular complexity index is 505. The van der Waals surface area contributed by atoms with Crippen molar-refractivity contribution in [3.8, 4) is 5.69 Å². The molecule has 17 heavy (non-hydrogen) atoms. The fourth-order valence-corrected chi connectivity index (χ4v) is 1.68. The molecule has 4 heteroatoms. The van der Waals surface area contributed by atoms with Gasteiger partial charge in [-0.3, -0.25) is 0 Å². The van der Waals surface area contributed by atoms with E-state index in [0.29, 0.717) is 0 Å². The number of benzene rings is 1. The van der Waals surface area contributed by atoms with E-state index in [1.54, 1.807) is 10.7 Å². The maximum absolute atomic E-state index is 13.1. The van der Waals surface area contributed by atoms with Gasteiger partial charge in [0.25, 0.3) is 0 Å². The fraction of sp³-hybridized carbons (Fsp3) is 0.308. The van der Waals surface area contributed by atoms with Gasteiger partial charge in [0, 0.05) is 18.3 Å². The number of hydrogen-bond donors (Lipinski definition) is 1. The SMILES string of the molecule is CCNCc1cn(-c2cccc(F)c2)nc1C. The quantitative estimate of drug-likeness (QED) is 0.879. The summed E-state index contributed by atoms with van der Waals surface area (Å²) in [5, 5.41) is 7.64. The number of nitrogens with zero attached hydrogens (tertiary/aromatic N) is 2. The molecule has 0 aliphatic rings. The molecule has 90 valence electrons. The molecular weight excluding hydrogens is 217 g/mol. The van der Waals surface area contributed by atoms with Crippen LogP contribution in [-0.4, -0.2) is 16.3 Å². The molecule has 2 aromatic rings. The van der Waals surface area contributed by atoms with E-state index in [1.165, 1.54) is 12.1 Å². The first-order valence-electron chi connectivity index (χ1n) is 5.72. The van der Waals surface area contributed by atoms with Crippen molar-refractivity contribution in [1.82, 2.24) is 15.1 Å². The Morgan fingerprint density at radius 2 is 2.24 bits per heavy atom. The third kappa shape index (κ3) is 2.71.